The molecule has 4 rings (SSSR count). The van der Waals surface area contributed by atoms with Crippen LogP contribution in [0.2, 0.25) is 0 Å². The van der Waals surface area contributed by atoms with Crippen molar-refractivity contribution in [2.75, 3.05) is 13.2 Å². The van der Waals surface area contributed by atoms with Crippen molar-refractivity contribution in [1.82, 2.24) is 20.2 Å². The zero-order chi connectivity index (χ0) is 23.7. The number of hydroxylamine groups is 2. The summed E-state index contributed by atoms with van der Waals surface area (Å²) in [6.07, 6.45) is -1.53. The van der Waals surface area contributed by atoms with Crippen LogP contribution in [0.4, 0.5) is 4.79 Å². The molecule has 2 aromatic rings. The third kappa shape index (κ3) is 4.09. The maximum absolute atomic E-state index is 13.5. The number of aliphatic carboxylic acids is 1. The number of rotatable bonds is 5. The lowest BCUT2D eigenvalue weighted by molar-refractivity contribution is -0.246. The van der Waals surface area contributed by atoms with Gasteiger partial charge >= 0.3 is 12.0 Å². The molecular weight excluding hydrogens is 428 g/mol. The fraction of sp³-hybridized carbons (Fsp3) is 0.391. The second-order valence-corrected chi connectivity index (χ2v) is 8.11. The number of carboxylic acid groups (broad SMARTS) is 1. The van der Waals surface area contributed by atoms with Gasteiger partial charge in [0.25, 0.3) is 5.91 Å². The Kier molecular flexibility index (Phi) is 6.19. The van der Waals surface area contributed by atoms with Gasteiger partial charge in [-0.2, -0.15) is 5.06 Å². The lowest BCUT2D eigenvalue weighted by Crippen LogP contribution is -2.75. The van der Waals surface area contributed by atoms with Gasteiger partial charge < -0.3 is 20.2 Å². The first kappa shape index (κ1) is 22.5. The number of carboxylic acids is 1. The molecule has 0 radical (unpaired) electrons. The Labute approximate surface area is 190 Å². The van der Waals surface area contributed by atoms with Crippen LogP contribution < -0.4 is 5.32 Å². The molecule has 33 heavy (non-hydrogen) atoms. The molecule has 0 spiro atoms. The molecule has 174 valence electrons. The highest BCUT2D eigenvalue weighted by atomic mass is 16.7. The summed E-state index contributed by atoms with van der Waals surface area (Å²) in [7, 11) is 0. The molecule has 2 aromatic carbocycles. The highest BCUT2D eigenvalue weighted by Crippen LogP contribution is 2.32. The van der Waals surface area contributed by atoms with E-state index in [0.29, 0.717) is 6.54 Å². The number of hydrogen-bond acceptors (Lipinski definition) is 5. The number of carbonyl (C=O) groups is 4. The van der Waals surface area contributed by atoms with Crippen molar-refractivity contribution in [3.05, 3.63) is 48.0 Å². The number of nitrogens with zero attached hydrogens (tertiary/aromatic N) is 3. The van der Waals surface area contributed by atoms with Gasteiger partial charge in [0.2, 0.25) is 5.91 Å². The van der Waals surface area contributed by atoms with Crippen LogP contribution in [0, 0.1) is 0 Å². The molecule has 2 heterocycles. The quantitative estimate of drug-likeness (QED) is 0.707. The van der Waals surface area contributed by atoms with Gasteiger partial charge in [-0.3, -0.25) is 19.2 Å². The predicted octanol–water partition coefficient (Wildman–Crippen LogP) is 1.55. The topological polar surface area (TPSA) is 119 Å². The second-order valence-electron chi connectivity index (χ2n) is 8.11. The molecule has 10 heteroatoms. The molecule has 2 aliphatic heterocycles. The molecule has 4 amide bonds. The Balaban J connectivity index is 1.75. The van der Waals surface area contributed by atoms with Crippen molar-refractivity contribution in [3.8, 4) is 0 Å². The fourth-order valence-corrected chi connectivity index (χ4v) is 4.59. The Morgan fingerprint density at radius 3 is 2.61 bits per heavy atom. The molecule has 2 aliphatic rings. The summed E-state index contributed by atoms with van der Waals surface area (Å²) in [6, 6.07) is 11.1. The largest absolute Gasteiger partial charge is 0.481 e. The van der Waals surface area contributed by atoms with Crippen LogP contribution in [0.1, 0.15) is 25.8 Å². The Morgan fingerprint density at radius 2 is 1.88 bits per heavy atom. The summed E-state index contributed by atoms with van der Waals surface area (Å²) in [6.45, 7) is 3.56. The Morgan fingerprint density at radius 1 is 1.15 bits per heavy atom. The number of fused-ring (bicyclic) bond motifs is 2. The number of hydrogen-bond donors (Lipinski definition) is 2. The van der Waals surface area contributed by atoms with E-state index in [4.69, 9.17) is 4.84 Å². The molecule has 2 N–H and O–H groups in total. The molecule has 2 fully saturated rings. The Hall–Kier alpha value is -3.66. The van der Waals surface area contributed by atoms with E-state index in [1.54, 1.807) is 13.8 Å². The van der Waals surface area contributed by atoms with Crippen LogP contribution >= 0.6 is 0 Å². The first-order valence-corrected chi connectivity index (χ1v) is 10.8. The first-order chi connectivity index (χ1) is 15.8. The molecule has 2 saturated heterocycles. The van der Waals surface area contributed by atoms with E-state index in [2.05, 4.69) is 5.32 Å². The number of amides is 4. The number of nitrogens with one attached hydrogen (secondary N) is 1. The van der Waals surface area contributed by atoms with E-state index in [9.17, 15) is 24.3 Å². The summed E-state index contributed by atoms with van der Waals surface area (Å²) in [5.41, 5.74) is 0.878. The third-order valence-electron chi connectivity index (χ3n) is 6.08. The molecule has 10 nitrogen and oxygen atoms in total. The van der Waals surface area contributed by atoms with Crippen LogP contribution in [-0.4, -0.2) is 75.2 Å². The second kappa shape index (κ2) is 9.07. The summed E-state index contributed by atoms with van der Waals surface area (Å²) in [4.78, 5) is 58.7. The lowest BCUT2D eigenvalue weighted by Gasteiger charge is -2.54. The van der Waals surface area contributed by atoms with E-state index in [0.717, 1.165) is 21.4 Å². The zero-order valence-corrected chi connectivity index (χ0v) is 18.4. The standard InChI is InChI=1S/C23H26N4O6/c1-3-24-23(32)27-21-14(2)25(12-16-9-6-8-15-7-4-5-10-17(15)16)22(31)18(11-20(29)30)26(21)19(28)13-33-27/h4-10,14,18,21H,3,11-13H2,1-2H3,(H,24,32)(H,29,30)/t14-,18-,21-/m0/s1. The van der Waals surface area contributed by atoms with Crippen LogP contribution in [0.15, 0.2) is 42.5 Å². The minimum absolute atomic E-state index is 0.194. The Bertz CT molecular complexity index is 1100. The lowest BCUT2D eigenvalue weighted by atomic mass is 9.97. The molecule has 0 unspecified atom stereocenters. The summed E-state index contributed by atoms with van der Waals surface area (Å²) in [5.74, 6) is -2.22. The van der Waals surface area contributed by atoms with Crippen molar-refractivity contribution < 1.29 is 29.1 Å². The van der Waals surface area contributed by atoms with Crippen molar-refractivity contribution in [1.29, 1.82) is 0 Å². The molecule has 0 bridgehead atoms. The van der Waals surface area contributed by atoms with Crippen molar-refractivity contribution in [2.45, 2.75) is 45.1 Å². The van der Waals surface area contributed by atoms with E-state index in [1.165, 1.54) is 9.80 Å². The molecule has 0 aromatic heterocycles. The van der Waals surface area contributed by atoms with Crippen LogP contribution in [0.3, 0.4) is 0 Å². The smallest absolute Gasteiger partial charge is 0.343 e. The predicted molar refractivity (Wildman–Crippen MR) is 117 cm³/mol. The molecule has 0 saturated carbocycles. The summed E-state index contributed by atoms with van der Waals surface area (Å²) in [5, 5.41) is 15.1. The number of piperazine rings is 1. The first-order valence-electron chi connectivity index (χ1n) is 10.8. The van der Waals surface area contributed by atoms with Crippen LogP contribution in [0.25, 0.3) is 10.8 Å². The average Bonchev–Trinajstić information content (AvgIpc) is 2.79. The van der Waals surface area contributed by atoms with E-state index in [-0.39, 0.29) is 6.54 Å². The van der Waals surface area contributed by atoms with Gasteiger partial charge in [-0.15, -0.1) is 0 Å². The number of carbonyl (C=O) groups excluding carboxylic acids is 3. The molecule has 3 atom stereocenters. The minimum atomic E-state index is -1.24. The maximum atomic E-state index is 13.5. The zero-order valence-electron chi connectivity index (χ0n) is 18.4. The normalized spacial score (nSPS) is 23.0. The number of benzene rings is 2. The van der Waals surface area contributed by atoms with Gasteiger partial charge in [0.05, 0.1) is 12.5 Å². The monoisotopic (exact) mass is 454 g/mol. The number of urea groups is 1. The molecule has 0 aliphatic carbocycles. The highest BCUT2D eigenvalue weighted by Gasteiger charge is 2.54. The third-order valence-corrected chi connectivity index (χ3v) is 6.08. The van der Waals surface area contributed by atoms with Crippen LogP contribution in [-0.2, 0) is 25.8 Å². The van der Waals surface area contributed by atoms with Crippen molar-refractivity contribution >= 4 is 34.6 Å². The fourth-order valence-electron chi connectivity index (χ4n) is 4.59. The van der Waals surface area contributed by atoms with E-state index in [1.807, 2.05) is 42.5 Å². The van der Waals surface area contributed by atoms with Crippen molar-refractivity contribution in [3.63, 3.8) is 0 Å². The minimum Gasteiger partial charge on any atom is -0.481 e. The molecular formula is C23H26N4O6. The van der Waals surface area contributed by atoms with Crippen molar-refractivity contribution in [2.24, 2.45) is 0 Å². The SMILES string of the molecule is CCNC(=O)N1OCC(=O)N2[C@@H]1[C@H](C)N(Cc1cccc3ccccc13)C(=O)[C@@H]2CC(=O)O. The van der Waals surface area contributed by atoms with Gasteiger partial charge in [0, 0.05) is 13.1 Å². The highest BCUT2D eigenvalue weighted by molar-refractivity contribution is 5.94. The van der Waals surface area contributed by atoms with Gasteiger partial charge in [0.15, 0.2) is 12.8 Å². The summed E-state index contributed by atoms with van der Waals surface area (Å²) >= 11 is 0. The van der Waals surface area contributed by atoms with Gasteiger partial charge in [-0.05, 0) is 30.2 Å². The van der Waals surface area contributed by atoms with Crippen LogP contribution in [0.5, 0.6) is 0 Å². The van der Waals surface area contributed by atoms with Gasteiger partial charge in [-0.1, -0.05) is 42.5 Å². The average molecular weight is 454 g/mol. The summed E-state index contributed by atoms with van der Waals surface area (Å²) < 4.78 is 0. The maximum Gasteiger partial charge on any atom is 0.343 e. The van der Waals surface area contributed by atoms with E-state index >= 15 is 0 Å². The van der Waals surface area contributed by atoms with Gasteiger partial charge in [-0.25, -0.2) is 4.79 Å². The van der Waals surface area contributed by atoms with E-state index < -0.39 is 55.1 Å². The van der Waals surface area contributed by atoms with Gasteiger partial charge in [0.1, 0.15) is 6.04 Å².